The molecule has 1 aromatic carbocycles. The predicted octanol–water partition coefficient (Wildman–Crippen LogP) is 3.96. The zero-order valence-electron chi connectivity index (χ0n) is 23.2. The van der Waals surface area contributed by atoms with Crippen LogP contribution in [-0.4, -0.2) is 85.5 Å². The van der Waals surface area contributed by atoms with Gasteiger partial charge in [0.1, 0.15) is 5.60 Å². The van der Waals surface area contributed by atoms with Crippen molar-refractivity contribution in [1.29, 1.82) is 0 Å². The van der Waals surface area contributed by atoms with Gasteiger partial charge in [0.15, 0.2) is 11.5 Å². The van der Waals surface area contributed by atoms with Crippen LogP contribution in [0.5, 0.6) is 11.5 Å². The summed E-state index contributed by atoms with van der Waals surface area (Å²) in [4.78, 5) is 16.9. The van der Waals surface area contributed by atoms with Gasteiger partial charge in [-0.05, 0) is 83.4 Å². The number of nitrogens with zero attached hydrogens (tertiary/aromatic N) is 2. The molecule has 40 heavy (non-hydrogen) atoms. The highest BCUT2D eigenvalue weighted by Gasteiger charge is 2.65. The minimum Gasteiger partial charge on any atom is -0.492 e. The number of rotatable bonds is 5. The van der Waals surface area contributed by atoms with Gasteiger partial charge in [0.25, 0.3) is 0 Å². The van der Waals surface area contributed by atoms with Crippen LogP contribution in [0.2, 0.25) is 0 Å². The van der Waals surface area contributed by atoms with Gasteiger partial charge in [0.05, 0.1) is 12.7 Å². The van der Waals surface area contributed by atoms with Crippen LogP contribution < -0.4 is 8.92 Å². The lowest BCUT2D eigenvalue weighted by Crippen LogP contribution is -2.71. The van der Waals surface area contributed by atoms with Crippen molar-refractivity contribution in [3.63, 3.8) is 0 Å². The predicted molar refractivity (Wildman–Crippen MR) is 139 cm³/mol. The number of hydrogen-bond acceptors (Lipinski definition) is 8. The van der Waals surface area contributed by atoms with Crippen LogP contribution in [0.25, 0.3) is 0 Å². The maximum atomic E-state index is 13.2. The number of carbonyl (C=O) groups excluding carboxylic acids is 1. The van der Waals surface area contributed by atoms with Crippen LogP contribution >= 0.6 is 0 Å². The summed E-state index contributed by atoms with van der Waals surface area (Å²) < 4.78 is 79.3. The maximum Gasteiger partial charge on any atom is 0.534 e. The average molecular weight is 591 g/mol. The van der Waals surface area contributed by atoms with E-state index in [1.54, 1.807) is 31.7 Å². The SMILES string of the molecule is COc1c(OS(=O)(=O)C(F)(F)F)ccc2c1[C@@]13CCN(C(=O)OC(C)(C)C)CC[C@@]1(O)[C@@H](C2)N(CC1CC1)CC3. The molecule has 0 unspecified atom stereocenters. The minimum atomic E-state index is -5.96. The second kappa shape index (κ2) is 9.65. The third-order valence-electron chi connectivity index (χ3n) is 8.85. The summed E-state index contributed by atoms with van der Waals surface area (Å²) >= 11 is 0. The lowest BCUT2D eigenvalue weighted by atomic mass is 9.52. The highest BCUT2D eigenvalue weighted by atomic mass is 32.2. The zero-order chi connectivity index (χ0) is 29.3. The van der Waals surface area contributed by atoms with E-state index in [1.807, 2.05) is 0 Å². The molecule has 1 N–H and O–H groups in total. The largest absolute Gasteiger partial charge is 0.534 e. The summed E-state index contributed by atoms with van der Waals surface area (Å²) in [6, 6.07) is 2.47. The molecular weight excluding hydrogens is 553 g/mol. The molecule has 1 amide bonds. The number of benzene rings is 1. The van der Waals surface area contributed by atoms with Crippen molar-refractivity contribution in [3.8, 4) is 11.5 Å². The van der Waals surface area contributed by atoms with Crippen molar-refractivity contribution in [3.05, 3.63) is 23.3 Å². The fraction of sp³-hybridized carbons (Fsp3) is 0.741. The Hall–Kier alpha value is -2.25. The van der Waals surface area contributed by atoms with Crippen LogP contribution in [0.1, 0.15) is 64.0 Å². The molecule has 4 aliphatic rings. The summed E-state index contributed by atoms with van der Waals surface area (Å²) in [7, 11) is -4.71. The second-order valence-corrected chi connectivity index (χ2v) is 14.0. The van der Waals surface area contributed by atoms with E-state index in [0.29, 0.717) is 30.9 Å². The van der Waals surface area contributed by atoms with Crippen LogP contribution in [-0.2, 0) is 26.7 Å². The summed E-state index contributed by atoms with van der Waals surface area (Å²) in [6.07, 6.45) is 3.12. The Labute approximate surface area is 232 Å². The number of carbonyl (C=O) groups is 1. The monoisotopic (exact) mass is 590 g/mol. The number of likely N-dealkylation sites (tertiary alicyclic amines) is 2. The van der Waals surface area contributed by atoms with Crippen LogP contribution in [0, 0.1) is 5.92 Å². The van der Waals surface area contributed by atoms with Gasteiger partial charge < -0.3 is 23.7 Å². The van der Waals surface area contributed by atoms with Gasteiger partial charge in [-0.1, -0.05) is 6.07 Å². The van der Waals surface area contributed by atoms with Gasteiger partial charge in [-0.15, -0.1) is 0 Å². The molecule has 9 nitrogen and oxygen atoms in total. The quantitative estimate of drug-likeness (QED) is 0.406. The number of ether oxygens (including phenoxy) is 2. The van der Waals surface area contributed by atoms with E-state index in [-0.39, 0.29) is 37.7 Å². The number of piperidine rings is 1. The van der Waals surface area contributed by atoms with Crippen molar-refractivity contribution in [2.45, 2.75) is 87.5 Å². The first-order chi connectivity index (χ1) is 18.5. The molecule has 3 atom stereocenters. The molecule has 2 saturated heterocycles. The number of amides is 1. The van der Waals surface area contributed by atoms with E-state index in [4.69, 9.17) is 9.47 Å². The van der Waals surface area contributed by atoms with Gasteiger partial charge >= 0.3 is 21.7 Å². The van der Waals surface area contributed by atoms with Crippen molar-refractivity contribution in [2.24, 2.45) is 5.92 Å². The lowest BCUT2D eigenvalue weighted by molar-refractivity contribution is -0.149. The Morgan fingerprint density at radius 1 is 1.10 bits per heavy atom. The molecule has 2 aliphatic carbocycles. The number of methoxy groups -OCH3 is 1. The summed E-state index contributed by atoms with van der Waals surface area (Å²) in [5.41, 5.74) is -7.50. The van der Waals surface area contributed by atoms with E-state index in [0.717, 1.165) is 24.9 Å². The Morgan fingerprint density at radius 3 is 2.35 bits per heavy atom. The van der Waals surface area contributed by atoms with E-state index in [1.165, 1.54) is 13.2 Å². The minimum absolute atomic E-state index is 0.136. The molecule has 0 spiro atoms. The van der Waals surface area contributed by atoms with E-state index in [9.17, 15) is 31.5 Å². The van der Waals surface area contributed by atoms with Crippen LogP contribution in [0.15, 0.2) is 12.1 Å². The molecule has 5 rings (SSSR count). The fourth-order valence-corrected chi connectivity index (χ4v) is 7.35. The summed E-state index contributed by atoms with van der Waals surface area (Å²) in [5.74, 6) is -0.148. The van der Waals surface area contributed by atoms with Crippen molar-refractivity contribution in [2.75, 3.05) is 33.3 Å². The third kappa shape index (κ3) is 4.91. The standard InChI is InChI=1S/C27H37F3N2O7S/c1-24(2,3)38-23(33)31-12-9-25-10-13-32(16-17-5-6-17)20(26(25,34)11-14-31)15-18-7-8-19(22(37-4)21(18)25)39-40(35,36)27(28,29)30/h7-8,17,20,34H,5-6,9-16H2,1-4H3/t20-,25+,26-/m1/s1. The van der Waals surface area contributed by atoms with E-state index >= 15 is 0 Å². The first-order valence-corrected chi connectivity index (χ1v) is 15.1. The van der Waals surface area contributed by atoms with Crippen molar-refractivity contribution < 1.29 is 45.1 Å². The summed E-state index contributed by atoms with van der Waals surface area (Å²) in [5, 5.41) is 12.7. The molecule has 2 heterocycles. The third-order valence-corrected chi connectivity index (χ3v) is 9.81. The topological polar surface area (TPSA) is 106 Å². The van der Waals surface area contributed by atoms with Crippen LogP contribution in [0.4, 0.5) is 18.0 Å². The molecule has 13 heteroatoms. The molecular formula is C27H37F3N2O7S. The number of fused-ring (bicyclic) bond motifs is 1. The highest BCUT2D eigenvalue weighted by Crippen LogP contribution is 2.60. The van der Waals surface area contributed by atoms with Gasteiger partial charge in [-0.25, -0.2) is 4.79 Å². The molecule has 0 radical (unpaired) electrons. The summed E-state index contributed by atoms with van der Waals surface area (Å²) in [6.45, 7) is 7.28. The van der Waals surface area contributed by atoms with Gasteiger partial charge in [-0.2, -0.15) is 21.6 Å². The lowest BCUT2D eigenvalue weighted by Gasteiger charge is -2.61. The molecule has 224 valence electrons. The van der Waals surface area contributed by atoms with Crippen LogP contribution in [0.3, 0.4) is 0 Å². The molecule has 1 saturated carbocycles. The van der Waals surface area contributed by atoms with E-state index in [2.05, 4.69) is 9.08 Å². The number of halogens is 3. The number of alkyl halides is 3. The first kappa shape index (κ1) is 29.2. The van der Waals surface area contributed by atoms with Crippen molar-refractivity contribution >= 4 is 16.2 Å². The fourth-order valence-electron chi connectivity index (χ4n) is 6.88. The second-order valence-electron chi connectivity index (χ2n) is 12.5. The molecule has 1 aromatic rings. The number of hydrogen-bond donors (Lipinski definition) is 1. The molecule has 3 fully saturated rings. The first-order valence-electron chi connectivity index (χ1n) is 13.7. The smallest absolute Gasteiger partial charge is 0.492 e. The molecule has 0 aromatic heterocycles. The zero-order valence-corrected chi connectivity index (χ0v) is 24.0. The molecule has 2 aliphatic heterocycles. The van der Waals surface area contributed by atoms with E-state index < -0.39 is 44.1 Å². The van der Waals surface area contributed by atoms with Crippen molar-refractivity contribution in [1.82, 2.24) is 9.80 Å². The Bertz CT molecular complexity index is 1280. The number of aliphatic hydroxyl groups is 1. The Balaban J connectivity index is 1.61. The van der Waals surface area contributed by atoms with Gasteiger partial charge in [-0.3, -0.25) is 4.90 Å². The normalized spacial score (nSPS) is 29.2. The maximum absolute atomic E-state index is 13.2. The van der Waals surface area contributed by atoms with Gasteiger partial charge in [0, 0.05) is 36.7 Å². The highest BCUT2D eigenvalue weighted by molar-refractivity contribution is 7.88. The molecule has 2 bridgehead atoms. The Morgan fingerprint density at radius 2 is 1.75 bits per heavy atom. The van der Waals surface area contributed by atoms with Gasteiger partial charge in [0.2, 0.25) is 0 Å². The Kier molecular flexibility index (Phi) is 7.06. The average Bonchev–Trinajstić information content (AvgIpc) is 3.65.